The molecule has 0 spiro atoms. The highest BCUT2D eigenvalue weighted by Crippen LogP contribution is 2.43. The molecule has 6 aromatic carbocycles. The molecule has 0 saturated heterocycles. The standard InChI is InChI=1S/2C34H28ClF5N8O4S/c2*1-46-30-26(9-8-22(35)29(30)31(44-46)45-53(2,51)52)48-32(42-24-5-3-4-21(34(38,39)40)28(24)33(48)50)25(14-17-12-19(36)15-20(37)13-17)41-27(49)16-47-11-10-23(43-47)18-6-7-18/h2*3-5,8-13,15,18,25H,6-7,14,16H2,1-2H3,(H,41,49)(H,44,45)/t2*25-/m00/s1. The van der Waals surface area contributed by atoms with Crippen molar-refractivity contribution in [2.45, 2.75) is 87.9 Å². The summed E-state index contributed by atoms with van der Waals surface area (Å²) in [4.78, 5) is 65.6. The second kappa shape index (κ2) is 28.0. The maximum absolute atomic E-state index is 14.6. The molecule has 0 radical (unpaired) electrons. The van der Waals surface area contributed by atoms with Gasteiger partial charge in [0.1, 0.15) is 48.0 Å². The molecule has 552 valence electrons. The number of nitrogens with one attached hydrogen (secondary N) is 4. The number of hydrogen-bond donors (Lipinski definition) is 4. The molecule has 2 aliphatic rings. The van der Waals surface area contributed by atoms with Gasteiger partial charge >= 0.3 is 12.4 Å². The second-order valence-corrected chi connectivity index (χ2v) is 29.8. The Morgan fingerprint density at radius 2 is 0.877 bits per heavy atom. The molecule has 2 amide bonds. The first-order chi connectivity index (χ1) is 49.9. The third-order valence-electron chi connectivity index (χ3n) is 17.3. The Labute approximate surface area is 602 Å². The van der Waals surface area contributed by atoms with Crippen molar-refractivity contribution < 1.29 is 70.3 Å². The summed E-state index contributed by atoms with van der Waals surface area (Å²) in [5, 5.41) is 21.1. The summed E-state index contributed by atoms with van der Waals surface area (Å²) in [5.74, 6) is -5.59. The van der Waals surface area contributed by atoms with E-state index in [9.17, 15) is 79.9 Å². The fourth-order valence-corrected chi connectivity index (χ4v) is 14.2. The number of benzene rings is 6. The molecular formula is C68H56Cl2F10N16O8S2. The van der Waals surface area contributed by atoms with Crippen LogP contribution in [0.5, 0.6) is 0 Å². The predicted octanol–water partition coefficient (Wildman–Crippen LogP) is 11.5. The van der Waals surface area contributed by atoms with Gasteiger partial charge in [-0.2, -0.15) is 46.7 Å². The van der Waals surface area contributed by atoms with Gasteiger partial charge in [-0.15, -0.1) is 0 Å². The number of carbonyl (C=O) groups is 2. The van der Waals surface area contributed by atoms with E-state index < -0.39 is 113 Å². The van der Waals surface area contributed by atoms with Gasteiger partial charge in [-0.1, -0.05) is 35.3 Å². The molecular weight excluding hydrogens is 1490 g/mol. The van der Waals surface area contributed by atoms with Crippen molar-refractivity contribution >= 4 is 110 Å². The van der Waals surface area contributed by atoms with Crippen LogP contribution < -0.4 is 31.2 Å². The molecule has 24 nitrogen and oxygen atoms in total. The number of rotatable bonds is 20. The van der Waals surface area contributed by atoms with E-state index >= 15 is 0 Å². The first-order valence-electron chi connectivity index (χ1n) is 32.0. The number of aromatic nitrogens is 12. The van der Waals surface area contributed by atoms with Crippen molar-refractivity contribution in [2.75, 3.05) is 22.0 Å². The average Bonchev–Trinajstić information content (AvgIpc) is 1.40. The van der Waals surface area contributed by atoms with E-state index in [1.54, 1.807) is 24.5 Å². The number of anilines is 2. The molecule has 38 heteroatoms. The first-order valence-corrected chi connectivity index (χ1v) is 36.5. The van der Waals surface area contributed by atoms with Gasteiger partial charge in [0, 0.05) is 63.3 Å². The minimum absolute atomic E-state index is 0.00270. The van der Waals surface area contributed by atoms with Crippen molar-refractivity contribution in [2.24, 2.45) is 14.1 Å². The highest BCUT2D eigenvalue weighted by molar-refractivity contribution is 7.92. The summed E-state index contributed by atoms with van der Waals surface area (Å²) in [5.41, 5.74) is -4.39. The molecule has 2 atom stereocenters. The highest BCUT2D eigenvalue weighted by Gasteiger charge is 2.39. The van der Waals surface area contributed by atoms with Crippen molar-refractivity contribution in [3.63, 3.8) is 0 Å². The van der Waals surface area contributed by atoms with Gasteiger partial charge in [-0.25, -0.2) is 44.4 Å². The quantitative estimate of drug-likeness (QED) is 0.0516. The summed E-state index contributed by atoms with van der Waals surface area (Å²) in [6.45, 7) is -0.631. The van der Waals surface area contributed by atoms with E-state index in [0.717, 1.165) is 107 Å². The third-order valence-corrected chi connectivity index (χ3v) is 19.0. The van der Waals surface area contributed by atoms with Crippen LogP contribution in [0.3, 0.4) is 0 Å². The Balaban J connectivity index is 0.000000188. The second-order valence-electron chi connectivity index (χ2n) is 25.5. The summed E-state index contributed by atoms with van der Waals surface area (Å²) in [7, 11) is -5.05. The normalized spacial score (nSPS) is 14.2. The van der Waals surface area contributed by atoms with Crippen LogP contribution in [-0.4, -0.2) is 99.4 Å². The first kappa shape index (κ1) is 73.6. The molecule has 6 heterocycles. The number of nitrogens with zero attached hydrogens (tertiary/aromatic N) is 12. The molecule has 12 aromatic rings. The molecule has 0 bridgehead atoms. The molecule has 2 saturated carbocycles. The van der Waals surface area contributed by atoms with Crippen LogP contribution in [0.25, 0.3) is 55.0 Å². The van der Waals surface area contributed by atoms with E-state index in [4.69, 9.17) is 23.2 Å². The third kappa shape index (κ3) is 15.7. The number of halogens is 12. The average molecular weight is 1550 g/mol. The van der Waals surface area contributed by atoms with Crippen molar-refractivity contribution in [1.29, 1.82) is 0 Å². The Morgan fingerprint density at radius 1 is 0.519 bits per heavy atom. The maximum Gasteiger partial charge on any atom is 0.417 e. The zero-order valence-corrected chi connectivity index (χ0v) is 58.6. The van der Waals surface area contributed by atoms with Gasteiger partial charge in [0.25, 0.3) is 11.1 Å². The zero-order valence-electron chi connectivity index (χ0n) is 55.5. The molecule has 2 fully saturated rings. The fraction of sp³-hybridized carbons (Fsp3) is 0.265. The van der Waals surface area contributed by atoms with Crippen LogP contribution in [-0.2, 0) is 82.0 Å². The Bertz CT molecular complexity index is 5550. The number of carbonyl (C=O) groups excluding carboxylic acids is 2. The molecule has 2 aliphatic carbocycles. The van der Waals surface area contributed by atoms with Crippen LogP contribution in [0.15, 0.2) is 131 Å². The summed E-state index contributed by atoms with van der Waals surface area (Å²) < 4.78 is 204. The van der Waals surface area contributed by atoms with Crippen molar-refractivity contribution in [3.05, 3.63) is 221 Å². The van der Waals surface area contributed by atoms with E-state index in [1.807, 2.05) is 0 Å². The van der Waals surface area contributed by atoms with Gasteiger partial charge in [-0.05, 0) is 122 Å². The number of fused-ring (bicyclic) bond motifs is 4. The minimum atomic E-state index is -5.00. The van der Waals surface area contributed by atoms with Crippen molar-refractivity contribution in [1.82, 2.24) is 68.9 Å². The Hall–Kier alpha value is -10.7. The SMILES string of the molecule is Cn1nc(NS(C)(=O)=O)c2c(Cl)ccc(-n3c([C@H](Cc4cc(F)cc(F)c4)NC(=O)Cn4ccc(C5CC5)n4)nc4cccc(C(F)(F)F)c4c3=O)c21.Cn1nc(NS(C)(=O)=O)c2c(Cl)ccc(-n3c([C@H](Cc4cc(F)cc(F)c4)NC(=O)Cn4ccc(C5CC5)n4)nc4cccc(C(F)(F)F)c4c3=O)c21. The molecule has 4 N–H and O–H groups in total. The van der Waals surface area contributed by atoms with E-state index in [0.29, 0.717) is 24.0 Å². The van der Waals surface area contributed by atoms with Crippen LogP contribution in [0.1, 0.15) is 94.9 Å². The van der Waals surface area contributed by atoms with E-state index in [1.165, 1.54) is 69.2 Å². The molecule has 0 unspecified atom stereocenters. The maximum atomic E-state index is 14.6. The minimum Gasteiger partial charge on any atom is -0.344 e. The van der Waals surface area contributed by atoms with Gasteiger partial charge in [0.15, 0.2) is 11.6 Å². The molecule has 14 rings (SSSR count). The lowest BCUT2D eigenvalue weighted by Crippen LogP contribution is -2.37. The van der Waals surface area contributed by atoms with E-state index in [2.05, 4.69) is 50.4 Å². The Kier molecular flexibility index (Phi) is 19.4. The van der Waals surface area contributed by atoms with Crippen LogP contribution in [0.4, 0.5) is 55.5 Å². The predicted molar refractivity (Wildman–Crippen MR) is 370 cm³/mol. The number of hydrogen-bond acceptors (Lipinski definition) is 14. The largest absolute Gasteiger partial charge is 0.417 e. The number of aryl methyl sites for hydroxylation is 2. The summed E-state index contributed by atoms with van der Waals surface area (Å²) in [6, 6.07) is 17.2. The zero-order chi connectivity index (χ0) is 76.0. The summed E-state index contributed by atoms with van der Waals surface area (Å²) >= 11 is 13.0. The van der Waals surface area contributed by atoms with Crippen LogP contribution >= 0.6 is 23.2 Å². The highest BCUT2D eigenvalue weighted by atomic mass is 35.5. The molecule has 6 aromatic heterocycles. The smallest absolute Gasteiger partial charge is 0.344 e. The molecule has 0 aliphatic heterocycles. The lowest BCUT2D eigenvalue weighted by Gasteiger charge is -2.24. The number of sulfonamides is 2. The van der Waals surface area contributed by atoms with Gasteiger partial charge < -0.3 is 10.6 Å². The van der Waals surface area contributed by atoms with Gasteiger partial charge in [-0.3, -0.25) is 56.5 Å². The monoisotopic (exact) mass is 1550 g/mol. The van der Waals surface area contributed by atoms with Crippen LogP contribution in [0.2, 0.25) is 10.0 Å². The van der Waals surface area contributed by atoms with Gasteiger partial charge in [0.2, 0.25) is 31.9 Å². The molecule has 106 heavy (non-hydrogen) atoms. The Morgan fingerprint density at radius 3 is 1.21 bits per heavy atom. The fourth-order valence-electron chi connectivity index (χ4n) is 12.7. The van der Waals surface area contributed by atoms with Crippen LogP contribution in [0, 0.1) is 23.3 Å². The number of amides is 2. The van der Waals surface area contributed by atoms with Gasteiger partial charge in [0.05, 0.1) is 112 Å². The van der Waals surface area contributed by atoms with E-state index in [-0.39, 0.29) is 115 Å². The summed E-state index contributed by atoms with van der Waals surface area (Å²) in [6.07, 6.45) is -1.91. The topological polar surface area (TPSA) is 292 Å². The lowest BCUT2D eigenvalue weighted by molar-refractivity contribution is -0.137. The van der Waals surface area contributed by atoms with Crippen molar-refractivity contribution in [3.8, 4) is 11.4 Å². The number of alkyl halides is 6. The lowest BCUT2D eigenvalue weighted by atomic mass is 10.0.